The fourth-order valence-electron chi connectivity index (χ4n) is 2.64. The van der Waals surface area contributed by atoms with Gasteiger partial charge in [-0.3, -0.25) is 4.98 Å². The lowest BCUT2D eigenvalue weighted by Gasteiger charge is -2.30. The van der Waals surface area contributed by atoms with Gasteiger partial charge in [0, 0.05) is 27.8 Å². The van der Waals surface area contributed by atoms with Gasteiger partial charge >= 0.3 is 0 Å². The fraction of sp³-hybridized carbons (Fsp3) is 0.400. The van der Waals surface area contributed by atoms with Crippen molar-refractivity contribution >= 4 is 32.5 Å². The van der Waals surface area contributed by atoms with Crippen LogP contribution in [0.4, 0.5) is 5.69 Å². The molecule has 1 N–H and O–H groups in total. The number of pyridine rings is 1. The van der Waals surface area contributed by atoms with Crippen molar-refractivity contribution in [2.24, 2.45) is 0 Å². The van der Waals surface area contributed by atoms with Gasteiger partial charge in [0.15, 0.2) is 0 Å². The maximum Gasteiger partial charge on any atom is 0.0864 e. The smallest absolute Gasteiger partial charge is 0.0864 e. The molecule has 4 heteroatoms. The molecule has 1 aromatic heterocycles. The number of anilines is 1. The van der Waals surface area contributed by atoms with E-state index in [1.165, 1.54) is 37.0 Å². The molecule has 2 heterocycles. The summed E-state index contributed by atoms with van der Waals surface area (Å²) in [5.41, 5.74) is 2.22. The van der Waals surface area contributed by atoms with Crippen molar-refractivity contribution < 1.29 is 0 Å². The van der Waals surface area contributed by atoms with Crippen molar-refractivity contribution in [1.29, 1.82) is 0 Å². The molecule has 3 rings (SSSR count). The monoisotopic (exact) mass is 319 g/mol. The van der Waals surface area contributed by atoms with Crippen molar-refractivity contribution in [3.05, 3.63) is 34.9 Å². The predicted molar refractivity (Wildman–Crippen MR) is 83.6 cm³/mol. The van der Waals surface area contributed by atoms with Gasteiger partial charge < -0.3 is 10.2 Å². The van der Waals surface area contributed by atoms with E-state index < -0.39 is 0 Å². The fourth-order valence-corrected chi connectivity index (χ4v) is 3.11. The number of benzene rings is 1. The number of likely N-dealkylation sites (tertiary alicyclic amines) is 1. The van der Waals surface area contributed by atoms with Crippen LogP contribution in [0.1, 0.15) is 12.8 Å². The molecule has 3 nitrogen and oxygen atoms in total. The van der Waals surface area contributed by atoms with E-state index in [4.69, 9.17) is 0 Å². The molecule has 0 aliphatic carbocycles. The number of rotatable bonds is 2. The summed E-state index contributed by atoms with van der Waals surface area (Å²) in [5.74, 6) is 0. The predicted octanol–water partition coefficient (Wildman–Crippen LogP) is 3.50. The summed E-state index contributed by atoms with van der Waals surface area (Å²) in [6.07, 6.45) is 4.28. The van der Waals surface area contributed by atoms with Crippen LogP contribution in [-0.4, -0.2) is 36.1 Å². The minimum absolute atomic E-state index is 0.570. The van der Waals surface area contributed by atoms with E-state index in [0.29, 0.717) is 6.04 Å². The lowest BCUT2D eigenvalue weighted by molar-refractivity contribution is 0.264. The molecule has 2 aromatic rings. The van der Waals surface area contributed by atoms with E-state index in [9.17, 15) is 0 Å². The highest BCUT2D eigenvalue weighted by molar-refractivity contribution is 9.10. The summed E-state index contributed by atoms with van der Waals surface area (Å²) >= 11 is 3.57. The summed E-state index contributed by atoms with van der Waals surface area (Å²) in [6.45, 7) is 2.34. The van der Waals surface area contributed by atoms with Crippen molar-refractivity contribution in [1.82, 2.24) is 9.88 Å². The van der Waals surface area contributed by atoms with Crippen LogP contribution in [0.3, 0.4) is 0 Å². The number of aromatic nitrogens is 1. The van der Waals surface area contributed by atoms with Crippen molar-refractivity contribution in [2.75, 3.05) is 25.5 Å². The highest BCUT2D eigenvalue weighted by atomic mass is 79.9. The molecule has 1 aromatic carbocycles. The number of nitrogens with zero attached hydrogens (tertiary/aromatic N) is 2. The number of hydrogen-bond donors (Lipinski definition) is 1. The molecule has 0 radical (unpaired) electrons. The Morgan fingerprint density at radius 1 is 1.26 bits per heavy atom. The zero-order chi connectivity index (χ0) is 13.2. The molecule has 0 amide bonds. The van der Waals surface area contributed by atoms with Gasteiger partial charge in [-0.15, -0.1) is 0 Å². The van der Waals surface area contributed by atoms with E-state index >= 15 is 0 Å². The van der Waals surface area contributed by atoms with Crippen molar-refractivity contribution in [3.8, 4) is 0 Å². The molecule has 1 fully saturated rings. The second-order valence-corrected chi connectivity index (χ2v) is 6.07. The van der Waals surface area contributed by atoms with Crippen LogP contribution >= 0.6 is 15.9 Å². The SMILES string of the molecule is CN1CCC(Nc2ccnc3c(Br)cccc23)CC1. The number of hydrogen-bond acceptors (Lipinski definition) is 3. The topological polar surface area (TPSA) is 28.2 Å². The largest absolute Gasteiger partial charge is 0.382 e. The molecular formula is C15H18BrN3. The number of fused-ring (bicyclic) bond motifs is 1. The highest BCUT2D eigenvalue weighted by Crippen LogP contribution is 2.28. The van der Waals surface area contributed by atoms with Crippen LogP contribution in [0.25, 0.3) is 10.9 Å². The Kier molecular flexibility index (Phi) is 3.71. The van der Waals surface area contributed by atoms with Gasteiger partial charge in [0.1, 0.15) is 0 Å². The van der Waals surface area contributed by atoms with Crippen LogP contribution in [0, 0.1) is 0 Å². The van der Waals surface area contributed by atoms with Gasteiger partial charge in [0.05, 0.1) is 5.52 Å². The lowest BCUT2D eigenvalue weighted by atomic mass is 10.0. The van der Waals surface area contributed by atoms with Crippen LogP contribution < -0.4 is 5.32 Å². The Morgan fingerprint density at radius 3 is 2.84 bits per heavy atom. The average Bonchev–Trinajstić information content (AvgIpc) is 2.43. The lowest BCUT2D eigenvalue weighted by Crippen LogP contribution is -2.36. The zero-order valence-electron chi connectivity index (χ0n) is 11.1. The summed E-state index contributed by atoms with van der Waals surface area (Å²) in [6, 6.07) is 8.88. The minimum atomic E-state index is 0.570. The highest BCUT2D eigenvalue weighted by Gasteiger charge is 2.17. The molecule has 19 heavy (non-hydrogen) atoms. The maximum absolute atomic E-state index is 4.45. The van der Waals surface area contributed by atoms with Crippen LogP contribution in [-0.2, 0) is 0 Å². The molecule has 1 aliphatic rings. The van der Waals surface area contributed by atoms with Gasteiger partial charge in [-0.2, -0.15) is 0 Å². The van der Waals surface area contributed by atoms with Gasteiger partial charge in [0.25, 0.3) is 0 Å². The molecule has 1 saturated heterocycles. The second kappa shape index (κ2) is 5.47. The molecular weight excluding hydrogens is 302 g/mol. The first-order valence-corrected chi connectivity index (χ1v) is 7.51. The van der Waals surface area contributed by atoms with Gasteiger partial charge in [-0.1, -0.05) is 12.1 Å². The quantitative estimate of drug-likeness (QED) is 0.918. The Hall–Kier alpha value is -1.13. The third-order valence-electron chi connectivity index (χ3n) is 3.80. The maximum atomic E-state index is 4.45. The van der Waals surface area contributed by atoms with E-state index in [1.54, 1.807) is 0 Å². The van der Waals surface area contributed by atoms with Gasteiger partial charge in [0.2, 0.25) is 0 Å². The average molecular weight is 320 g/mol. The minimum Gasteiger partial charge on any atom is -0.382 e. The van der Waals surface area contributed by atoms with Crippen LogP contribution in [0.15, 0.2) is 34.9 Å². The molecule has 0 atom stereocenters. The Balaban J connectivity index is 1.87. The molecule has 1 aliphatic heterocycles. The zero-order valence-corrected chi connectivity index (χ0v) is 12.7. The first-order chi connectivity index (χ1) is 9.24. The summed E-state index contributed by atoms with van der Waals surface area (Å²) in [7, 11) is 2.19. The normalized spacial score (nSPS) is 17.8. The Bertz CT molecular complexity index is 577. The second-order valence-electron chi connectivity index (χ2n) is 5.22. The summed E-state index contributed by atoms with van der Waals surface area (Å²) < 4.78 is 1.05. The number of piperidine rings is 1. The van der Waals surface area contributed by atoms with E-state index in [2.05, 4.69) is 56.4 Å². The molecule has 0 spiro atoms. The first-order valence-electron chi connectivity index (χ1n) is 6.72. The van der Waals surface area contributed by atoms with Gasteiger partial charge in [-0.05, 0) is 61.0 Å². The van der Waals surface area contributed by atoms with Crippen molar-refractivity contribution in [3.63, 3.8) is 0 Å². The van der Waals surface area contributed by atoms with E-state index in [1.807, 2.05) is 12.3 Å². The first kappa shape index (κ1) is 12.9. The third-order valence-corrected chi connectivity index (χ3v) is 4.44. The van der Waals surface area contributed by atoms with Crippen molar-refractivity contribution in [2.45, 2.75) is 18.9 Å². The third kappa shape index (κ3) is 2.74. The summed E-state index contributed by atoms with van der Waals surface area (Å²) in [5, 5.41) is 4.87. The van der Waals surface area contributed by atoms with Crippen LogP contribution in [0.5, 0.6) is 0 Å². The Morgan fingerprint density at radius 2 is 2.05 bits per heavy atom. The van der Waals surface area contributed by atoms with E-state index in [-0.39, 0.29) is 0 Å². The standard InChI is InChI=1S/C15H18BrN3/c1-19-9-6-11(7-10-19)18-14-5-8-17-15-12(14)3-2-4-13(15)16/h2-5,8,11H,6-7,9-10H2,1H3,(H,17,18). The number of para-hydroxylation sites is 1. The number of halogens is 1. The molecule has 0 bridgehead atoms. The summed E-state index contributed by atoms with van der Waals surface area (Å²) in [4.78, 5) is 6.84. The molecule has 0 saturated carbocycles. The number of nitrogens with one attached hydrogen (secondary N) is 1. The van der Waals surface area contributed by atoms with E-state index in [0.717, 1.165) is 9.99 Å². The molecule has 100 valence electrons. The van der Waals surface area contributed by atoms with Gasteiger partial charge in [-0.25, -0.2) is 0 Å². The molecule has 0 unspecified atom stereocenters. The van der Waals surface area contributed by atoms with Crippen LogP contribution in [0.2, 0.25) is 0 Å². The Labute approximate surface area is 122 Å².